The summed E-state index contributed by atoms with van der Waals surface area (Å²) in [5.74, 6) is -0.128. The smallest absolute Gasteiger partial charge is 0.189 e. The third-order valence-corrected chi connectivity index (χ3v) is 5.94. The average Bonchev–Trinajstić information content (AvgIpc) is 2.60. The molecule has 0 aromatic heterocycles. The van der Waals surface area contributed by atoms with Crippen molar-refractivity contribution in [3.63, 3.8) is 0 Å². The van der Waals surface area contributed by atoms with Gasteiger partial charge < -0.3 is 10.8 Å². The fourth-order valence-electron chi connectivity index (χ4n) is 2.65. The SMILES string of the molecule is Nc1ccc(C(c2ccccc2)S(=O)(=O)c2ccccc2)cc1O. The van der Waals surface area contributed by atoms with Gasteiger partial charge in [0.15, 0.2) is 9.84 Å². The Bertz CT molecular complexity index is 939. The highest BCUT2D eigenvalue weighted by Crippen LogP contribution is 2.37. The van der Waals surface area contributed by atoms with Gasteiger partial charge in [-0.15, -0.1) is 0 Å². The molecule has 1 atom stereocenters. The van der Waals surface area contributed by atoms with Crippen molar-refractivity contribution in [1.29, 1.82) is 0 Å². The highest BCUT2D eigenvalue weighted by molar-refractivity contribution is 7.91. The van der Waals surface area contributed by atoms with Crippen molar-refractivity contribution < 1.29 is 13.5 Å². The Morgan fingerprint density at radius 2 is 1.38 bits per heavy atom. The van der Waals surface area contributed by atoms with Gasteiger partial charge in [0.1, 0.15) is 11.0 Å². The number of sulfone groups is 1. The number of hydrogen-bond acceptors (Lipinski definition) is 4. The van der Waals surface area contributed by atoms with Gasteiger partial charge in [-0.3, -0.25) is 0 Å². The van der Waals surface area contributed by atoms with E-state index >= 15 is 0 Å². The van der Waals surface area contributed by atoms with E-state index in [1.165, 1.54) is 12.1 Å². The molecule has 4 nitrogen and oxygen atoms in total. The lowest BCUT2D eigenvalue weighted by atomic mass is 10.0. The second-order valence-electron chi connectivity index (χ2n) is 5.47. The number of aromatic hydroxyl groups is 1. The van der Waals surface area contributed by atoms with Gasteiger partial charge in [0.2, 0.25) is 0 Å². The first kappa shape index (κ1) is 16.1. The van der Waals surface area contributed by atoms with Crippen LogP contribution in [0.1, 0.15) is 16.4 Å². The lowest BCUT2D eigenvalue weighted by molar-refractivity contribution is 0.477. The summed E-state index contributed by atoms with van der Waals surface area (Å²) in [5, 5.41) is 8.99. The molecule has 0 saturated carbocycles. The molecule has 0 amide bonds. The van der Waals surface area contributed by atoms with Crippen molar-refractivity contribution in [2.45, 2.75) is 10.1 Å². The highest BCUT2D eigenvalue weighted by atomic mass is 32.2. The molecule has 1 unspecified atom stereocenters. The molecule has 3 aromatic rings. The van der Waals surface area contributed by atoms with Crippen molar-refractivity contribution in [2.24, 2.45) is 0 Å². The zero-order valence-corrected chi connectivity index (χ0v) is 13.6. The minimum atomic E-state index is -3.69. The van der Waals surface area contributed by atoms with E-state index in [0.29, 0.717) is 11.1 Å². The topological polar surface area (TPSA) is 80.4 Å². The van der Waals surface area contributed by atoms with E-state index in [0.717, 1.165) is 0 Å². The van der Waals surface area contributed by atoms with Gasteiger partial charge in [0.25, 0.3) is 0 Å². The van der Waals surface area contributed by atoms with Crippen LogP contribution in [0.15, 0.2) is 83.8 Å². The van der Waals surface area contributed by atoms with E-state index in [-0.39, 0.29) is 16.3 Å². The van der Waals surface area contributed by atoms with Crippen LogP contribution in [0.5, 0.6) is 5.75 Å². The summed E-state index contributed by atoms with van der Waals surface area (Å²) in [5.41, 5.74) is 6.96. The fraction of sp³-hybridized carbons (Fsp3) is 0.0526. The van der Waals surface area contributed by atoms with Gasteiger partial charge in [-0.25, -0.2) is 8.42 Å². The maximum atomic E-state index is 13.2. The Morgan fingerprint density at radius 3 is 1.96 bits per heavy atom. The minimum absolute atomic E-state index is 0.128. The van der Waals surface area contributed by atoms with Crippen LogP contribution in [0.4, 0.5) is 5.69 Å². The molecule has 0 aliphatic carbocycles. The van der Waals surface area contributed by atoms with Crippen LogP contribution in [0.3, 0.4) is 0 Å². The summed E-state index contributed by atoms with van der Waals surface area (Å²) in [6.07, 6.45) is 0. The summed E-state index contributed by atoms with van der Waals surface area (Å²) in [6.45, 7) is 0. The van der Waals surface area contributed by atoms with Gasteiger partial charge in [-0.2, -0.15) is 0 Å². The van der Waals surface area contributed by atoms with Crippen LogP contribution in [0.25, 0.3) is 0 Å². The first-order valence-corrected chi connectivity index (χ1v) is 8.97. The van der Waals surface area contributed by atoms with E-state index in [9.17, 15) is 13.5 Å². The molecule has 122 valence electrons. The van der Waals surface area contributed by atoms with E-state index in [1.807, 2.05) is 6.07 Å². The Labute approximate surface area is 141 Å². The van der Waals surface area contributed by atoms with E-state index in [4.69, 9.17) is 5.73 Å². The Balaban J connectivity index is 2.22. The van der Waals surface area contributed by atoms with E-state index in [2.05, 4.69) is 0 Å². The molecule has 0 radical (unpaired) electrons. The molecule has 0 fully saturated rings. The van der Waals surface area contributed by atoms with Crippen molar-refractivity contribution in [2.75, 3.05) is 5.73 Å². The molecule has 0 spiro atoms. The van der Waals surface area contributed by atoms with Gasteiger partial charge in [0, 0.05) is 0 Å². The van der Waals surface area contributed by atoms with Gasteiger partial charge in [-0.05, 0) is 35.4 Å². The number of rotatable bonds is 4. The van der Waals surface area contributed by atoms with Gasteiger partial charge in [0.05, 0.1) is 10.6 Å². The summed E-state index contributed by atoms with van der Waals surface area (Å²) in [4.78, 5) is 0.232. The van der Waals surface area contributed by atoms with Crippen LogP contribution in [-0.2, 0) is 9.84 Å². The van der Waals surface area contributed by atoms with Crippen LogP contribution in [0, 0.1) is 0 Å². The van der Waals surface area contributed by atoms with Crippen molar-refractivity contribution >= 4 is 15.5 Å². The first-order valence-electron chi connectivity index (χ1n) is 7.42. The van der Waals surface area contributed by atoms with Gasteiger partial charge >= 0.3 is 0 Å². The largest absolute Gasteiger partial charge is 0.506 e. The summed E-state index contributed by atoms with van der Waals surface area (Å²) < 4.78 is 26.4. The second-order valence-corrected chi connectivity index (χ2v) is 7.50. The minimum Gasteiger partial charge on any atom is -0.506 e. The van der Waals surface area contributed by atoms with Crippen LogP contribution >= 0.6 is 0 Å². The molecule has 0 bridgehead atoms. The zero-order chi connectivity index (χ0) is 17.2. The van der Waals surface area contributed by atoms with Crippen LogP contribution < -0.4 is 5.73 Å². The Kier molecular flexibility index (Phi) is 4.27. The number of hydrogen-bond donors (Lipinski definition) is 2. The zero-order valence-electron chi connectivity index (χ0n) is 12.8. The van der Waals surface area contributed by atoms with Crippen molar-refractivity contribution in [1.82, 2.24) is 0 Å². The molecule has 0 aliphatic heterocycles. The highest BCUT2D eigenvalue weighted by Gasteiger charge is 2.31. The number of nitrogens with two attached hydrogens (primary N) is 1. The molecule has 3 aromatic carbocycles. The average molecular weight is 339 g/mol. The predicted octanol–water partition coefficient (Wildman–Crippen LogP) is 3.54. The first-order chi connectivity index (χ1) is 11.5. The van der Waals surface area contributed by atoms with Gasteiger partial charge in [-0.1, -0.05) is 54.6 Å². The molecular weight excluding hydrogens is 322 g/mol. The lowest BCUT2D eigenvalue weighted by Crippen LogP contribution is -2.15. The maximum absolute atomic E-state index is 13.2. The number of anilines is 1. The number of phenols is 1. The third-order valence-electron chi connectivity index (χ3n) is 3.84. The van der Waals surface area contributed by atoms with Crippen LogP contribution in [-0.4, -0.2) is 13.5 Å². The normalized spacial score (nSPS) is 12.7. The summed E-state index contributed by atoms with van der Waals surface area (Å²) >= 11 is 0. The van der Waals surface area contributed by atoms with E-state index < -0.39 is 15.1 Å². The van der Waals surface area contributed by atoms with E-state index in [1.54, 1.807) is 60.7 Å². The molecule has 5 heteroatoms. The van der Waals surface area contributed by atoms with Crippen molar-refractivity contribution in [3.05, 3.63) is 90.0 Å². The lowest BCUT2D eigenvalue weighted by Gasteiger charge is -2.19. The standard InChI is InChI=1S/C19H17NO3S/c20-17-12-11-15(13-18(17)21)19(14-7-3-1-4-8-14)24(22,23)16-9-5-2-6-10-16/h1-13,19,21H,20H2. The molecule has 0 aliphatic rings. The number of benzene rings is 3. The third kappa shape index (κ3) is 2.98. The number of phenolic OH excluding ortho intramolecular Hbond substituents is 1. The molecule has 24 heavy (non-hydrogen) atoms. The molecule has 0 heterocycles. The number of nitrogen functional groups attached to an aromatic ring is 1. The summed E-state index contributed by atoms with van der Waals surface area (Å²) in [6, 6.07) is 21.8. The Hall–Kier alpha value is -2.79. The van der Waals surface area contributed by atoms with Crippen LogP contribution in [0.2, 0.25) is 0 Å². The second kappa shape index (κ2) is 6.37. The molecule has 3 N–H and O–H groups in total. The molecular formula is C19H17NO3S. The summed E-state index contributed by atoms with van der Waals surface area (Å²) in [7, 11) is -3.69. The Morgan fingerprint density at radius 1 is 0.792 bits per heavy atom. The quantitative estimate of drug-likeness (QED) is 0.563. The molecule has 3 rings (SSSR count). The monoisotopic (exact) mass is 339 g/mol. The van der Waals surface area contributed by atoms with Crippen molar-refractivity contribution in [3.8, 4) is 5.75 Å². The molecule has 0 saturated heterocycles. The fourth-order valence-corrected chi connectivity index (χ4v) is 4.48. The predicted molar refractivity (Wildman–Crippen MR) is 94.4 cm³/mol. The maximum Gasteiger partial charge on any atom is 0.189 e.